The molecule has 0 aromatic rings. The Bertz CT molecular complexity index is 230. The van der Waals surface area contributed by atoms with Gasteiger partial charge in [0.05, 0.1) is 6.10 Å². The molecule has 1 heterocycles. The van der Waals surface area contributed by atoms with Gasteiger partial charge in [-0.15, -0.1) is 0 Å². The highest BCUT2D eigenvalue weighted by atomic mass is 16.6. The number of aliphatic hydroxyl groups is 1. The molecule has 0 radical (unpaired) electrons. The third-order valence-electron chi connectivity index (χ3n) is 1.90. The molecular formula is C10H14O3. The number of carbonyl (C=O) groups excluding carboxylic acids is 1. The van der Waals surface area contributed by atoms with Crippen LogP contribution in [0, 0.1) is 0 Å². The zero-order valence-corrected chi connectivity index (χ0v) is 7.64. The van der Waals surface area contributed by atoms with Crippen molar-refractivity contribution >= 4 is 5.97 Å². The number of hydrogen-bond donors (Lipinski definition) is 1. The predicted molar refractivity (Wildman–Crippen MR) is 49.1 cm³/mol. The fourth-order valence-electron chi connectivity index (χ4n) is 1.17. The van der Waals surface area contributed by atoms with Crippen molar-refractivity contribution in [2.24, 2.45) is 0 Å². The molecule has 0 amide bonds. The van der Waals surface area contributed by atoms with E-state index in [9.17, 15) is 9.90 Å². The summed E-state index contributed by atoms with van der Waals surface area (Å²) in [6.45, 7) is 1.90. The van der Waals surface area contributed by atoms with Crippen LogP contribution in [0.1, 0.15) is 19.8 Å². The summed E-state index contributed by atoms with van der Waals surface area (Å²) in [5, 5.41) is 9.43. The molecule has 2 atom stereocenters. The fourth-order valence-corrected chi connectivity index (χ4v) is 1.17. The molecule has 1 rings (SSSR count). The smallest absolute Gasteiger partial charge is 0.306 e. The second kappa shape index (κ2) is 4.82. The first-order chi connectivity index (χ1) is 6.24. The van der Waals surface area contributed by atoms with Gasteiger partial charge in [0.1, 0.15) is 6.10 Å². The van der Waals surface area contributed by atoms with Crippen LogP contribution in [0.2, 0.25) is 0 Å². The first-order valence-corrected chi connectivity index (χ1v) is 4.41. The van der Waals surface area contributed by atoms with E-state index in [1.165, 1.54) is 0 Å². The van der Waals surface area contributed by atoms with E-state index >= 15 is 0 Å². The van der Waals surface area contributed by atoms with Gasteiger partial charge in [0.25, 0.3) is 0 Å². The lowest BCUT2D eigenvalue weighted by molar-refractivity contribution is -0.159. The van der Waals surface area contributed by atoms with Crippen LogP contribution in [-0.4, -0.2) is 23.3 Å². The van der Waals surface area contributed by atoms with E-state index < -0.39 is 12.2 Å². The van der Waals surface area contributed by atoms with Gasteiger partial charge in [-0.25, -0.2) is 0 Å². The van der Waals surface area contributed by atoms with Gasteiger partial charge in [0.15, 0.2) is 0 Å². The standard InChI is InChI=1S/C10H14O3/c1-2-3-4-5-9-8(11)6-7-10(12)13-9/h2-5,8-9,11H,6-7H2,1H3/b3-2+,5-4-/t8-,9+/m0/s1. The quantitative estimate of drug-likeness (QED) is 0.515. The summed E-state index contributed by atoms with van der Waals surface area (Å²) < 4.78 is 4.94. The maximum Gasteiger partial charge on any atom is 0.306 e. The highest BCUT2D eigenvalue weighted by Gasteiger charge is 2.26. The molecule has 3 nitrogen and oxygen atoms in total. The molecule has 0 aromatic carbocycles. The van der Waals surface area contributed by atoms with Crippen molar-refractivity contribution in [3.8, 4) is 0 Å². The van der Waals surface area contributed by atoms with Crippen LogP contribution in [0.4, 0.5) is 0 Å². The molecule has 3 heteroatoms. The number of rotatable bonds is 2. The monoisotopic (exact) mass is 182 g/mol. The average molecular weight is 182 g/mol. The summed E-state index contributed by atoms with van der Waals surface area (Å²) in [5.41, 5.74) is 0. The van der Waals surface area contributed by atoms with E-state index in [0.717, 1.165) is 0 Å². The van der Waals surface area contributed by atoms with Crippen LogP contribution >= 0.6 is 0 Å². The minimum absolute atomic E-state index is 0.236. The van der Waals surface area contributed by atoms with E-state index in [4.69, 9.17) is 4.74 Å². The molecule has 13 heavy (non-hydrogen) atoms. The van der Waals surface area contributed by atoms with Crippen LogP contribution in [-0.2, 0) is 9.53 Å². The number of esters is 1. The van der Waals surface area contributed by atoms with Crippen molar-refractivity contribution < 1.29 is 14.6 Å². The van der Waals surface area contributed by atoms with E-state index in [-0.39, 0.29) is 5.97 Å². The molecule has 0 aromatic heterocycles. The second-order valence-electron chi connectivity index (χ2n) is 2.97. The summed E-state index contributed by atoms with van der Waals surface area (Å²) in [7, 11) is 0. The first kappa shape index (κ1) is 9.99. The third-order valence-corrected chi connectivity index (χ3v) is 1.90. The number of ether oxygens (including phenoxy) is 1. The lowest BCUT2D eigenvalue weighted by atomic mass is 10.1. The van der Waals surface area contributed by atoms with E-state index in [1.54, 1.807) is 12.2 Å². The predicted octanol–water partition coefficient (Wildman–Crippen LogP) is 1.19. The SMILES string of the molecule is C/C=C/C=C\[C@H]1OC(=O)CC[C@@H]1O. The van der Waals surface area contributed by atoms with E-state index in [2.05, 4.69) is 0 Å². The molecule has 0 aliphatic carbocycles. The van der Waals surface area contributed by atoms with Gasteiger partial charge in [-0.3, -0.25) is 4.79 Å². The maximum absolute atomic E-state index is 10.9. The molecule has 1 aliphatic rings. The van der Waals surface area contributed by atoms with E-state index in [1.807, 2.05) is 19.1 Å². The Labute approximate surface area is 77.7 Å². The minimum atomic E-state index is -0.556. The molecule has 0 unspecified atom stereocenters. The van der Waals surface area contributed by atoms with Crippen molar-refractivity contribution in [3.05, 3.63) is 24.3 Å². The Morgan fingerprint density at radius 3 is 3.00 bits per heavy atom. The lowest BCUT2D eigenvalue weighted by Crippen LogP contribution is -2.34. The fraction of sp³-hybridized carbons (Fsp3) is 0.500. The lowest BCUT2D eigenvalue weighted by Gasteiger charge is -2.24. The summed E-state index contributed by atoms with van der Waals surface area (Å²) in [6.07, 6.45) is 6.94. The Morgan fingerprint density at radius 2 is 2.31 bits per heavy atom. The normalized spacial score (nSPS) is 29.8. The Balaban J connectivity index is 2.50. The minimum Gasteiger partial charge on any atom is -0.455 e. The highest BCUT2D eigenvalue weighted by molar-refractivity contribution is 5.70. The number of cyclic esters (lactones) is 1. The number of hydrogen-bond acceptors (Lipinski definition) is 3. The molecule has 1 aliphatic heterocycles. The molecule has 72 valence electrons. The van der Waals surface area contributed by atoms with Crippen molar-refractivity contribution in [2.45, 2.75) is 32.0 Å². The summed E-state index contributed by atoms with van der Waals surface area (Å²) in [4.78, 5) is 10.9. The molecule has 0 saturated carbocycles. The zero-order chi connectivity index (χ0) is 9.68. The van der Waals surface area contributed by atoms with Gasteiger partial charge in [-0.1, -0.05) is 18.2 Å². The molecular weight excluding hydrogens is 168 g/mol. The summed E-state index contributed by atoms with van der Waals surface area (Å²) in [5.74, 6) is -0.236. The Hall–Kier alpha value is -1.09. The van der Waals surface area contributed by atoms with E-state index in [0.29, 0.717) is 12.8 Å². The van der Waals surface area contributed by atoms with Gasteiger partial charge < -0.3 is 9.84 Å². The van der Waals surface area contributed by atoms with Crippen molar-refractivity contribution in [1.29, 1.82) is 0 Å². The second-order valence-corrected chi connectivity index (χ2v) is 2.97. The third kappa shape index (κ3) is 3.03. The van der Waals surface area contributed by atoms with Crippen LogP contribution in [0.25, 0.3) is 0 Å². The first-order valence-electron chi connectivity index (χ1n) is 4.41. The van der Waals surface area contributed by atoms with Crippen molar-refractivity contribution in [2.75, 3.05) is 0 Å². The van der Waals surface area contributed by atoms with Crippen LogP contribution in [0.5, 0.6) is 0 Å². The maximum atomic E-state index is 10.9. The summed E-state index contributed by atoms with van der Waals surface area (Å²) in [6, 6.07) is 0. The number of allylic oxidation sites excluding steroid dienone is 3. The Morgan fingerprint density at radius 1 is 1.54 bits per heavy atom. The molecule has 1 saturated heterocycles. The van der Waals surface area contributed by atoms with Gasteiger partial charge in [-0.05, 0) is 19.4 Å². The number of carbonyl (C=O) groups is 1. The largest absolute Gasteiger partial charge is 0.455 e. The summed E-state index contributed by atoms with van der Waals surface area (Å²) >= 11 is 0. The average Bonchev–Trinajstić information content (AvgIpc) is 2.11. The van der Waals surface area contributed by atoms with Gasteiger partial charge in [0.2, 0.25) is 0 Å². The topological polar surface area (TPSA) is 46.5 Å². The van der Waals surface area contributed by atoms with Gasteiger partial charge in [0, 0.05) is 6.42 Å². The highest BCUT2D eigenvalue weighted by Crippen LogP contribution is 2.15. The van der Waals surface area contributed by atoms with Crippen LogP contribution in [0.3, 0.4) is 0 Å². The molecule has 0 bridgehead atoms. The van der Waals surface area contributed by atoms with Crippen molar-refractivity contribution in [3.63, 3.8) is 0 Å². The molecule has 0 spiro atoms. The van der Waals surface area contributed by atoms with Gasteiger partial charge >= 0.3 is 5.97 Å². The van der Waals surface area contributed by atoms with Crippen molar-refractivity contribution in [1.82, 2.24) is 0 Å². The Kier molecular flexibility index (Phi) is 3.71. The zero-order valence-electron chi connectivity index (χ0n) is 7.64. The van der Waals surface area contributed by atoms with Gasteiger partial charge in [-0.2, -0.15) is 0 Å². The van der Waals surface area contributed by atoms with Crippen LogP contribution in [0.15, 0.2) is 24.3 Å². The molecule has 1 fully saturated rings. The van der Waals surface area contributed by atoms with Crippen LogP contribution < -0.4 is 0 Å². The molecule has 1 N–H and O–H groups in total. The number of aliphatic hydroxyl groups excluding tert-OH is 1.